The molecule has 8 heteroatoms. The minimum absolute atomic E-state index is 0.193. The minimum atomic E-state index is -3.95. The summed E-state index contributed by atoms with van der Waals surface area (Å²) in [6, 6.07) is 3.36. The van der Waals surface area contributed by atoms with Gasteiger partial charge in [0.1, 0.15) is 0 Å². The second-order valence-electron chi connectivity index (χ2n) is 4.99. The molecule has 1 aromatic carbocycles. The summed E-state index contributed by atoms with van der Waals surface area (Å²) in [7, 11) is -2.41. The van der Waals surface area contributed by atoms with Gasteiger partial charge in [-0.15, -0.1) is 0 Å². The Balaban J connectivity index is 2.34. The number of carboxylic acids is 1. The molecule has 4 N–H and O–H groups in total. The third-order valence-corrected chi connectivity index (χ3v) is 5.13. The summed E-state index contributed by atoms with van der Waals surface area (Å²) in [6.07, 6.45) is 2.10. The Morgan fingerprint density at radius 1 is 1.43 bits per heavy atom. The molecule has 116 valence electrons. The lowest BCUT2D eigenvalue weighted by Gasteiger charge is -2.20. The Morgan fingerprint density at radius 3 is 2.76 bits per heavy atom. The highest BCUT2D eigenvalue weighted by molar-refractivity contribution is 7.89. The average Bonchev–Trinajstić information content (AvgIpc) is 2.84. The number of anilines is 1. The number of carboxylic acid groups (broad SMARTS) is 1. The molecule has 0 aliphatic heterocycles. The van der Waals surface area contributed by atoms with Crippen molar-refractivity contribution in [1.82, 2.24) is 4.72 Å². The van der Waals surface area contributed by atoms with E-state index in [1.165, 1.54) is 19.2 Å². The van der Waals surface area contributed by atoms with Gasteiger partial charge in [-0.05, 0) is 37.5 Å². The number of sulfonamides is 1. The van der Waals surface area contributed by atoms with Crippen molar-refractivity contribution in [2.75, 3.05) is 12.8 Å². The predicted molar refractivity (Wildman–Crippen MR) is 76.6 cm³/mol. The highest BCUT2D eigenvalue weighted by Gasteiger charge is 2.32. The van der Waals surface area contributed by atoms with Crippen LogP contribution in [0.3, 0.4) is 0 Å². The fourth-order valence-electron chi connectivity index (χ4n) is 2.55. The number of ether oxygens (including phenoxy) is 1. The van der Waals surface area contributed by atoms with Crippen molar-refractivity contribution in [1.29, 1.82) is 0 Å². The van der Waals surface area contributed by atoms with Crippen LogP contribution in [0.5, 0.6) is 0 Å². The van der Waals surface area contributed by atoms with E-state index in [9.17, 15) is 13.2 Å². The van der Waals surface area contributed by atoms with E-state index >= 15 is 0 Å². The Morgan fingerprint density at radius 2 is 2.14 bits per heavy atom. The fourth-order valence-corrected chi connectivity index (χ4v) is 4.03. The van der Waals surface area contributed by atoms with Crippen LogP contribution in [0, 0.1) is 0 Å². The monoisotopic (exact) mass is 314 g/mol. The van der Waals surface area contributed by atoms with E-state index in [2.05, 4.69) is 4.72 Å². The lowest BCUT2D eigenvalue weighted by atomic mass is 10.2. The number of methoxy groups -OCH3 is 1. The lowest BCUT2D eigenvalue weighted by Crippen LogP contribution is -2.41. The number of carbonyl (C=O) groups is 1. The first-order chi connectivity index (χ1) is 9.85. The van der Waals surface area contributed by atoms with E-state index in [0.717, 1.165) is 18.9 Å². The van der Waals surface area contributed by atoms with Crippen molar-refractivity contribution in [3.8, 4) is 0 Å². The molecule has 2 rings (SSSR count). The molecule has 0 spiro atoms. The second-order valence-corrected chi connectivity index (χ2v) is 6.68. The van der Waals surface area contributed by atoms with Crippen LogP contribution < -0.4 is 10.5 Å². The Bertz CT molecular complexity index is 644. The van der Waals surface area contributed by atoms with Gasteiger partial charge in [-0.2, -0.15) is 0 Å². The smallest absolute Gasteiger partial charge is 0.337 e. The van der Waals surface area contributed by atoms with Gasteiger partial charge in [0, 0.05) is 18.8 Å². The third kappa shape index (κ3) is 3.34. The number of benzene rings is 1. The van der Waals surface area contributed by atoms with Crippen molar-refractivity contribution < 1.29 is 23.1 Å². The molecule has 21 heavy (non-hydrogen) atoms. The maximum Gasteiger partial charge on any atom is 0.337 e. The number of nitrogens with one attached hydrogen (secondary N) is 1. The van der Waals surface area contributed by atoms with Crippen LogP contribution >= 0.6 is 0 Å². The Hall–Kier alpha value is -1.64. The fraction of sp³-hybridized carbons (Fsp3) is 0.462. The van der Waals surface area contributed by atoms with Crippen LogP contribution in [0.2, 0.25) is 0 Å². The summed E-state index contributed by atoms with van der Waals surface area (Å²) in [5.41, 5.74) is 5.38. The molecule has 0 bridgehead atoms. The number of nitrogen functional groups attached to an aromatic ring is 1. The third-order valence-electron chi connectivity index (χ3n) is 3.59. The second kappa shape index (κ2) is 6.00. The SMILES string of the molecule is COC1CCCC1NS(=O)(=O)c1ccc(N)cc1C(=O)O. The van der Waals surface area contributed by atoms with Gasteiger partial charge in [0.2, 0.25) is 10.0 Å². The average molecular weight is 314 g/mol. The number of hydrogen-bond acceptors (Lipinski definition) is 5. The summed E-state index contributed by atoms with van der Waals surface area (Å²) in [5.74, 6) is -1.34. The molecule has 2 unspecified atom stereocenters. The summed E-state index contributed by atoms with van der Waals surface area (Å²) in [5, 5.41) is 9.14. The maximum absolute atomic E-state index is 12.4. The number of aromatic carboxylic acids is 1. The van der Waals surface area contributed by atoms with Crippen LogP contribution in [0.4, 0.5) is 5.69 Å². The van der Waals surface area contributed by atoms with Crippen molar-refractivity contribution >= 4 is 21.7 Å². The molecule has 0 saturated heterocycles. The van der Waals surface area contributed by atoms with Crippen LogP contribution in [0.25, 0.3) is 0 Å². The van der Waals surface area contributed by atoms with Crippen molar-refractivity contribution in [3.63, 3.8) is 0 Å². The molecule has 2 atom stereocenters. The topological polar surface area (TPSA) is 119 Å². The van der Waals surface area contributed by atoms with E-state index in [4.69, 9.17) is 15.6 Å². The number of rotatable bonds is 5. The van der Waals surface area contributed by atoms with Crippen LogP contribution in [-0.4, -0.2) is 38.7 Å². The van der Waals surface area contributed by atoms with E-state index in [1.807, 2.05) is 0 Å². The first-order valence-corrected chi connectivity index (χ1v) is 8.01. The Labute approximate surface area is 123 Å². The van der Waals surface area contributed by atoms with E-state index in [-0.39, 0.29) is 28.3 Å². The van der Waals surface area contributed by atoms with Crippen LogP contribution in [-0.2, 0) is 14.8 Å². The molecule has 1 saturated carbocycles. The van der Waals surface area contributed by atoms with E-state index in [0.29, 0.717) is 6.42 Å². The quantitative estimate of drug-likeness (QED) is 0.692. The molecule has 1 aliphatic rings. The van der Waals surface area contributed by atoms with E-state index in [1.54, 1.807) is 0 Å². The van der Waals surface area contributed by atoms with Crippen LogP contribution in [0.1, 0.15) is 29.6 Å². The molecule has 0 radical (unpaired) electrons. The summed E-state index contributed by atoms with van der Waals surface area (Å²) in [4.78, 5) is 10.9. The van der Waals surface area contributed by atoms with Gasteiger partial charge >= 0.3 is 5.97 Å². The molecule has 0 aromatic heterocycles. The highest BCUT2D eigenvalue weighted by Crippen LogP contribution is 2.25. The predicted octanol–water partition coefficient (Wildman–Crippen LogP) is 0.813. The van der Waals surface area contributed by atoms with Gasteiger partial charge in [0.25, 0.3) is 0 Å². The molecule has 1 fully saturated rings. The zero-order valence-electron chi connectivity index (χ0n) is 11.6. The van der Waals surface area contributed by atoms with Crippen molar-refractivity contribution in [2.45, 2.75) is 36.3 Å². The highest BCUT2D eigenvalue weighted by atomic mass is 32.2. The van der Waals surface area contributed by atoms with E-state index < -0.39 is 16.0 Å². The van der Waals surface area contributed by atoms with Crippen LogP contribution in [0.15, 0.2) is 23.1 Å². The molecule has 1 aromatic rings. The zero-order chi connectivity index (χ0) is 15.6. The largest absolute Gasteiger partial charge is 0.478 e. The van der Waals surface area contributed by atoms with Gasteiger partial charge in [-0.25, -0.2) is 17.9 Å². The minimum Gasteiger partial charge on any atom is -0.478 e. The van der Waals surface area contributed by atoms with Crippen molar-refractivity contribution in [3.05, 3.63) is 23.8 Å². The number of nitrogens with two attached hydrogens (primary N) is 1. The van der Waals surface area contributed by atoms with Gasteiger partial charge in [-0.3, -0.25) is 0 Å². The zero-order valence-corrected chi connectivity index (χ0v) is 12.4. The summed E-state index contributed by atoms with van der Waals surface area (Å²) >= 11 is 0. The maximum atomic E-state index is 12.4. The van der Waals surface area contributed by atoms with Gasteiger partial charge < -0.3 is 15.6 Å². The van der Waals surface area contributed by atoms with Gasteiger partial charge in [0.05, 0.1) is 16.6 Å². The van der Waals surface area contributed by atoms with Crippen molar-refractivity contribution in [2.24, 2.45) is 0 Å². The van der Waals surface area contributed by atoms with Gasteiger partial charge in [-0.1, -0.05) is 0 Å². The lowest BCUT2D eigenvalue weighted by molar-refractivity contribution is 0.0692. The molecule has 0 amide bonds. The molecule has 1 aliphatic carbocycles. The summed E-state index contributed by atoms with van der Waals surface area (Å²) in [6.45, 7) is 0. The normalized spacial score (nSPS) is 22.3. The number of hydrogen-bond donors (Lipinski definition) is 3. The molecule has 7 nitrogen and oxygen atoms in total. The molecule has 0 heterocycles. The molecular formula is C13H18N2O5S. The molecular weight excluding hydrogens is 296 g/mol. The Kier molecular flexibility index (Phi) is 4.50. The summed E-state index contributed by atoms with van der Waals surface area (Å²) < 4.78 is 32.6. The standard InChI is InChI=1S/C13H18N2O5S/c1-20-11-4-2-3-10(11)15-21(18,19)12-6-5-8(14)7-9(12)13(16)17/h5-7,10-11,15H,2-4,14H2,1H3,(H,16,17). The first kappa shape index (κ1) is 15.7. The van der Waals surface area contributed by atoms with Gasteiger partial charge in [0.15, 0.2) is 0 Å². The first-order valence-electron chi connectivity index (χ1n) is 6.53.